The van der Waals surface area contributed by atoms with Crippen molar-refractivity contribution in [2.45, 2.75) is 51.7 Å². The molecule has 1 aromatic heterocycles. The summed E-state index contributed by atoms with van der Waals surface area (Å²) in [6.45, 7) is 7.26. The van der Waals surface area contributed by atoms with Crippen molar-refractivity contribution < 1.29 is 14.2 Å². The fourth-order valence-corrected chi connectivity index (χ4v) is 2.40. The largest absolute Gasteiger partial charge is 0.460 e. The molecule has 2 aromatic rings. The smallest absolute Gasteiger partial charge is 0.330 e. The predicted octanol–water partition coefficient (Wildman–Crippen LogP) is 3.20. The Morgan fingerprint density at radius 3 is 2.73 bits per heavy atom. The van der Waals surface area contributed by atoms with Crippen LogP contribution in [-0.2, 0) is 11.1 Å². The lowest BCUT2D eigenvalue weighted by Gasteiger charge is -2.37. The van der Waals surface area contributed by atoms with E-state index in [1.54, 1.807) is 21.3 Å². The van der Waals surface area contributed by atoms with Gasteiger partial charge in [0.25, 0.3) is 0 Å². The second-order valence-electron chi connectivity index (χ2n) is 6.94. The van der Waals surface area contributed by atoms with Crippen molar-refractivity contribution in [2.75, 3.05) is 0 Å². The summed E-state index contributed by atoms with van der Waals surface area (Å²) in [6.07, 6.45) is 6.31. The van der Waals surface area contributed by atoms with E-state index in [1.165, 1.54) is 5.56 Å². The first-order chi connectivity index (χ1) is 10.3. The number of hydrogen-bond acceptors (Lipinski definition) is 3. The van der Waals surface area contributed by atoms with Crippen LogP contribution in [0.1, 0.15) is 45.4 Å². The molecule has 1 N–H and O–H groups in total. The molecule has 3 rings (SSSR count). The maximum atomic E-state index is 10.2. The van der Waals surface area contributed by atoms with E-state index in [1.807, 2.05) is 26.0 Å². The van der Waals surface area contributed by atoms with Gasteiger partial charge in [-0.2, -0.15) is 0 Å². The summed E-state index contributed by atoms with van der Waals surface area (Å²) in [5.74, 6) is 1.06. The van der Waals surface area contributed by atoms with Gasteiger partial charge in [-0.1, -0.05) is 29.7 Å². The zero-order valence-corrected chi connectivity index (χ0v) is 13.6. The van der Waals surface area contributed by atoms with Crippen LogP contribution in [0.25, 0.3) is 17.0 Å². The van der Waals surface area contributed by atoms with Crippen molar-refractivity contribution in [2.24, 2.45) is 0 Å². The Labute approximate surface area is 132 Å². The molecule has 0 saturated carbocycles. The maximum absolute atomic E-state index is 10.2. The van der Waals surface area contributed by atoms with Gasteiger partial charge < -0.3 is 14.2 Å². The van der Waals surface area contributed by atoms with Gasteiger partial charge in [0.2, 0.25) is 0 Å². The molecule has 4 heteroatoms. The molecule has 0 amide bonds. The molecule has 115 valence electrons. The molecule has 0 atom stereocenters. The van der Waals surface area contributed by atoms with Crippen LogP contribution in [0.15, 0.2) is 28.7 Å². The predicted molar refractivity (Wildman–Crippen MR) is 90.4 cm³/mol. The average molecular weight is 297 g/mol. The van der Waals surface area contributed by atoms with Crippen molar-refractivity contribution in [1.29, 1.82) is 0 Å². The highest BCUT2D eigenvalue weighted by Crippen LogP contribution is 2.30. The second kappa shape index (κ2) is 5.29. The molecular weight excluding hydrogens is 275 g/mol. The normalized spacial score (nSPS) is 15.1. The van der Waals surface area contributed by atoms with Crippen LogP contribution in [0.2, 0.25) is 0 Å². The minimum Gasteiger partial charge on any atom is -0.460 e. The molecule has 22 heavy (non-hydrogen) atoms. The molecule has 3 nitrogen and oxygen atoms in total. The number of aliphatic hydroxyl groups is 1. The van der Waals surface area contributed by atoms with Gasteiger partial charge in [-0.25, -0.2) is 0 Å². The third-order valence-corrected chi connectivity index (χ3v) is 4.61. The van der Waals surface area contributed by atoms with Crippen LogP contribution in [0.3, 0.4) is 0 Å². The van der Waals surface area contributed by atoms with Gasteiger partial charge in [0.15, 0.2) is 0 Å². The zero-order chi connectivity index (χ0) is 16.0. The van der Waals surface area contributed by atoms with Gasteiger partial charge in [0.1, 0.15) is 11.3 Å². The van der Waals surface area contributed by atoms with Gasteiger partial charge in [0.05, 0.1) is 11.2 Å². The summed E-state index contributed by atoms with van der Waals surface area (Å²) in [4.78, 5) is 0. The summed E-state index contributed by atoms with van der Waals surface area (Å²) in [5, 5.41) is 11.3. The van der Waals surface area contributed by atoms with E-state index >= 15 is 0 Å². The molecule has 0 bridgehead atoms. The lowest BCUT2D eigenvalue weighted by Crippen LogP contribution is -2.49. The Bertz CT molecular complexity index is 720. The van der Waals surface area contributed by atoms with Crippen LogP contribution in [0.4, 0.5) is 0 Å². The van der Waals surface area contributed by atoms with Crippen LogP contribution < -0.4 is 5.46 Å². The SMILES string of the molecule is CC(C)(O)C(C)(C)O[B]c1ccc2oc3c(c2c1)C=CCC3. The van der Waals surface area contributed by atoms with Crippen molar-refractivity contribution >= 4 is 30.0 Å². The standard InChI is InChI=1S/C18H22BO3/c1-17(2,20)18(3,4)22-19-12-9-10-16-14(11-12)13-7-5-6-8-15(13)21-16/h5,7,9-11,20H,6,8H2,1-4H3. The number of hydrogen-bond donors (Lipinski definition) is 1. The molecule has 0 spiro atoms. The fraction of sp³-hybridized carbons (Fsp3) is 0.444. The quantitative estimate of drug-likeness (QED) is 0.881. The Hall–Kier alpha value is -1.52. The molecule has 0 fully saturated rings. The van der Waals surface area contributed by atoms with Crippen molar-refractivity contribution in [3.8, 4) is 0 Å². The van der Waals surface area contributed by atoms with Crippen LogP contribution in [0, 0.1) is 0 Å². The first-order valence-electron chi connectivity index (χ1n) is 7.73. The highest BCUT2D eigenvalue weighted by Gasteiger charge is 2.35. The van der Waals surface area contributed by atoms with Gasteiger partial charge in [-0.05, 0) is 40.2 Å². The average Bonchev–Trinajstić information content (AvgIpc) is 2.82. The third kappa shape index (κ3) is 2.73. The fourth-order valence-electron chi connectivity index (χ4n) is 2.40. The van der Waals surface area contributed by atoms with E-state index in [0.29, 0.717) is 0 Å². The van der Waals surface area contributed by atoms with E-state index in [-0.39, 0.29) is 0 Å². The molecule has 1 aliphatic rings. The van der Waals surface area contributed by atoms with Crippen LogP contribution in [0.5, 0.6) is 0 Å². The van der Waals surface area contributed by atoms with E-state index in [4.69, 9.17) is 9.07 Å². The van der Waals surface area contributed by atoms with Crippen LogP contribution >= 0.6 is 0 Å². The van der Waals surface area contributed by atoms with Crippen molar-refractivity contribution in [3.63, 3.8) is 0 Å². The van der Waals surface area contributed by atoms with E-state index in [9.17, 15) is 5.11 Å². The minimum absolute atomic E-state index is 0.669. The molecule has 1 radical (unpaired) electrons. The summed E-state index contributed by atoms with van der Waals surface area (Å²) < 4.78 is 11.7. The van der Waals surface area contributed by atoms with Gasteiger partial charge in [-0.3, -0.25) is 0 Å². The van der Waals surface area contributed by atoms with Gasteiger partial charge in [0, 0.05) is 17.4 Å². The summed E-state index contributed by atoms with van der Waals surface area (Å²) in [5.41, 5.74) is 1.46. The number of benzene rings is 1. The second-order valence-corrected chi connectivity index (χ2v) is 6.94. The lowest BCUT2D eigenvalue weighted by molar-refractivity contribution is -0.0893. The summed E-state index contributed by atoms with van der Waals surface area (Å²) in [6, 6.07) is 6.03. The van der Waals surface area contributed by atoms with Gasteiger partial charge in [-0.15, -0.1) is 0 Å². The molecule has 0 saturated heterocycles. The number of furan rings is 1. The number of allylic oxidation sites excluding steroid dienone is 1. The third-order valence-electron chi connectivity index (χ3n) is 4.61. The first kappa shape index (κ1) is 15.4. The Morgan fingerprint density at radius 1 is 1.23 bits per heavy atom. The van der Waals surface area contributed by atoms with Crippen molar-refractivity contribution in [1.82, 2.24) is 0 Å². The number of fused-ring (bicyclic) bond motifs is 3. The minimum atomic E-state index is -0.925. The molecular formula is C18H22BO3. The van der Waals surface area contributed by atoms with Crippen molar-refractivity contribution in [3.05, 3.63) is 35.6 Å². The summed E-state index contributed by atoms with van der Waals surface area (Å²) in [7, 11) is 1.71. The van der Waals surface area contributed by atoms with E-state index < -0.39 is 11.2 Å². The number of rotatable bonds is 4. The number of aryl methyl sites for hydroxylation is 1. The van der Waals surface area contributed by atoms with Crippen LogP contribution in [-0.4, -0.2) is 23.8 Å². The van der Waals surface area contributed by atoms with E-state index in [0.717, 1.165) is 35.0 Å². The Balaban J connectivity index is 1.86. The molecule has 1 heterocycles. The Kier molecular flexibility index (Phi) is 3.70. The molecule has 1 aromatic carbocycles. The van der Waals surface area contributed by atoms with E-state index in [2.05, 4.69) is 18.2 Å². The highest BCUT2D eigenvalue weighted by atomic mass is 16.5. The highest BCUT2D eigenvalue weighted by molar-refractivity contribution is 6.47. The molecule has 1 aliphatic carbocycles. The first-order valence-corrected chi connectivity index (χ1v) is 7.73. The maximum Gasteiger partial charge on any atom is 0.330 e. The molecule has 0 unspecified atom stereocenters. The monoisotopic (exact) mass is 297 g/mol. The topological polar surface area (TPSA) is 42.6 Å². The lowest BCUT2D eigenvalue weighted by atomic mass is 9.82. The zero-order valence-electron chi connectivity index (χ0n) is 13.6. The Morgan fingerprint density at radius 2 is 2.00 bits per heavy atom. The van der Waals surface area contributed by atoms with Gasteiger partial charge >= 0.3 is 7.48 Å². The molecule has 0 aliphatic heterocycles. The summed E-state index contributed by atoms with van der Waals surface area (Å²) >= 11 is 0.